The minimum absolute atomic E-state index is 0.164. The van der Waals surface area contributed by atoms with Gasteiger partial charge in [-0.05, 0) is 56.7 Å². The predicted molar refractivity (Wildman–Crippen MR) is 66.1 cm³/mol. The maximum atomic E-state index is 12.6. The average Bonchev–Trinajstić information content (AvgIpc) is 2.30. The molecule has 0 spiro atoms. The van der Waals surface area contributed by atoms with Gasteiger partial charge < -0.3 is 10.6 Å². The fourth-order valence-corrected chi connectivity index (χ4v) is 1.52. The van der Waals surface area contributed by atoms with E-state index in [4.69, 9.17) is 0 Å². The van der Waals surface area contributed by atoms with Gasteiger partial charge in [-0.3, -0.25) is 0 Å². The molecule has 0 atom stereocenters. The lowest BCUT2D eigenvalue weighted by Crippen LogP contribution is -2.23. The van der Waals surface area contributed by atoms with Crippen LogP contribution in [0.1, 0.15) is 18.9 Å². The Balaban J connectivity index is 2.01. The third-order valence-electron chi connectivity index (χ3n) is 2.46. The molecule has 0 saturated carbocycles. The Kier molecular flexibility index (Phi) is 6.77. The fraction of sp³-hybridized carbons (Fsp3) is 0.538. The van der Waals surface area contributed by atoms with E-state index in [9.17, 15) is 4.39 Å². The van der Waals surface area contributed by atoms with Gasteiger partial charge in [0.05, 0.1) is 0 Å². The summed E-state index contributed by atoms with van der Waals surface area (Å²) in [6, 6.07) is 6.71. The molecule has 0 radical (unpaired) electrons. The van der Waals surface area contributed by atoms with Crippen molar-refractivity contribution in [1.82, 2.24) is 10.6 Å². The monoisotopic (exact) mass is 224 g/mol. The van der Waals surface area contributed by atoms with E-state index in [1.165, 1.54) is 17.7 Å². The average molecular weight is 224 g/mol. The van der Waals surface area contributed by atoms with E-state index in [1.54, 1.807) is 0 Å². The molecule has 0 saturated heterocycles. The molecular weight excluding hydrogens is 203 g/mol. The Morgan fingerprint density at radius 2 is 1.69 bits per heavy atom. The topological polar surface area (TPSA) is 24.1 Å². The maximum absolute atomic E-state index is 12.6. The first kappa shape index (κ1) is 13.1. The van der Waals surface area contributed by atoms with Crippen LogP contribution in [0.25, 0.3) is 0 Å². The first-order chi connectivity index (χ1) is 7.83. The summed E-state index contributed by atoms with van der Waals surface area (Å²) >= 11 is 0. The van der Waals surface area contributed by atoms with Gasteiger partial charge in [-0.2, -0.15) is 0 Å². The highest BCUT2D eigenvalue weighted by molar-refractivity contribution is 5.16. The molecule has 3 heteroatoms. The zero-order valence-corrected chi connectivity index (χ0v) is 9.93. The molecule has 0 aliphatic rings. The van der Waals surface area contributed by atoms with E-state index in [0.29, 0.717) is 0 Å². The second-order valence-corrected chi connectivity index (χ2v) is 3.83. The Morgan fingerprint density at radius 3 is 2.38 bits per heavy atom. The highest BCUT2D eigenvalue weighted by Crippen LogP contribution is 2.02. The molecule has 16 heavy (non-hydrogen) atoms. The summed E-state index contributed by atoms with van der Waals surface area (Å²) in [5, 5.41) is 6.66. The molecule has 1 aromatic carbocycles. The molecule has 0 unspecified atom stereocenters. The molecule has 0 bridgehead atoms. The van der Waals surface area contributed by atoms with Crippen molar-refractivity contribution in [3.05, 3.63) is 35.6 Å². The Hall–Kier alpha value is -0.930. The van der Waals surface area contributed by atoms with Crippen molar-refractivity contribution in [1.29, 1.82) is 0 Å². The predicted octanol–water partition coefficient (Wildman–Crippen LogP) is 1.96. The Bertz CT molecular complexity index is 272. The highest BCUT2D eigenvalue weighted by Gasteiger charge is 1.93. The summed E-state index contributed by atoms with van der Waals surface area (Å²) in [5.41, 5.74) is 1.18. The molecule has 0 fully saturated rings. The summed E-state index contributed by atoms with van der Waals surface area (Å²) in [4.78, 5) is 0. The summed E-state index contributed by atoms with van der Waals surface area (Å²) in [6.07, 6.45) is 2.11. The number of hydrogen-bond acceptors (Lipinski definition) is 2. The summed E-state index contributed by atoms with van der Waals surface area (Å²) < 4.78 is 12.6. The zero-order valence-electron chi connectivity index (χ0n) is 9.93. The molecule has 1 aromatic rings. The van der Waals surface area contributed by atoms with E-state index in [0.717, 1.165) is 39.0 Å². The van der Waals surface area contributed by atoms with Gasteiger partial charge in [-0.1, -0.05) is 19.1 Å². The van der Waals surface area contributed by atoms with Gasteiger partial charge in [0.1, 0.15) is 5.82 Å². The van der Waals surface area contributed by atoms with Crippen LogP contribution in [0.3, 0.4) is 0 Å². The molecule has 1 rings (SSSR count). The lowest BCUT2D eigenvalue weighted by atomic mass is 10.1. The van der Waals surface area contributed by atoms with Crippen molar-refractivity contribution in [2.75, 3.05) is 26.2 Å². The zero-order chi connectivity index (χ0) is 11.6. The van der Waals surface area contributed by atoms with Crippen LogP contribution in [-0.4, -0.2) is 26.2 Å². The van der Waals surface area contributed by atoms with Gasteiger partial charge in [0.25, 0.3) is 0 Å². The number of hydrogen-bond donors (Lipinski definition) is 2. The molecule has 0 aliphatic carbocycles. The lowest BCUT2D eigenvalue weighted by Gasteiger charge is -2.05. The number of rotatable bonds is 8. The Morgan fingerprint density at radius 1 is 1.00 bits per heavy atom. The normalized spacial score (nSPS) is 10.6. The quantitative estimate of drug-likeness (QED) is 0.660. The summed E-state index contributed by atoms with van der Waals surface area (Å²) in [5.74, 6) is -0.164. The molecule has 0 aromatic heterocycles. The smallest absolute Gasteiger partial charge is 0.123 e. The van der Waals surface area contributed by atoms with Crippen molar-refractivity contribution in [2.24, 2.45) is 0 Å². The van der Waals surface area contributed by atoms with E-state index in [1.807, 2.05) is 12.1 Å². The third-order valence-corrected chi connectivity index (χ3v) is 2.46. The SMILES string of the molecule is CCNCCCNCCc1ccc(F)cc1. The minimum atomic E-state index is -0.164. The highest BCUT2D eigenvalue weighted by atomic mass is 19.1. The van der Waals surface area contributed by atoms with E-state index in [-0.39, 0.29) is 5.82 Å². The van der Waals surface area contributed by atoms with Crippen molar-refractivity contribution in [3.63, 3.8) is 0 Å². The van der Waals surface area contributed by atoms with Crippen LogP contribution >= 0.6 is 0 Å². The van der Waals surface area contributed by atoms with Gasteiger partial charge in [0.2, 0.25) is 0 Å². The molecule has 2 nitrogen and oxygen atoms in total. The van der Waals surface area contributed by atoms with E-state index >= 15 is 0 Å². The van der Waals surface area contributed by atoms with Gasteiger partial charge >= 0.3 is 0 Å². The molecule has 0 aliphatic heterocycles. The first-order valence-electron chi connectivity index (χ1n) is 5.99. The molecule has 90 valence electrons. The standard InChI is InChI=1S/C13H21FN2/c1-2-15-9-3-10-16-11-8-12-4-6-13(14)7-5-12/h4-7,15-16H,2-3,8-11H2,1H3. The fourth-order valence-electron chi connectivity index (χ4n) is 1.52. The molecule has 0 amide bonds. The minimum Gasteiger partial charge on any atom is -0.317 e. The summed E-state index contributed by atoms with van der Waals surface area (Å²) in [6.45, 7) is 6.21. The van der Waals surface area contributed by atoms with Gasteiger partial charge in [-0.25, -0.2) is 4.39 Å². The van der Waals surface area contributed by atoms with E-state index < -0.39 is 0 Å². The van der Waals surface area contributed by atoms with Crippen LogP contribution in [0, 0.1) is 5.82 Å². The van der Waals surface area contributed by atoms with Crippen LogP contribution in [0.15, 0.2) is 24.3 Å². The van der Waals surface area contributed by atoms with Gasteiger partial charge in [-0.15, -0.1) is 0 Å². The number of nitrogens with one attached hydrogen (secondary N) is 2. The van der Waals surface area contributed by atoms with Crippen LogP contribution in [0.4, 0.5) is 4.39 Å². The van der Waals surface area contributed by atoms with Gasteiger partial charge in [0.15, 0.2) is 0 Å². The van der Waals surface area contributed by atoms with Crippen molar-refractivity contribution in [2.45, 2.75) is 19.8 Å². The van der Waals surface area contributed by atoms with Crippen molar-refractivity contribution < 1.29 is 4.39 Å². The van der Waals surface area contributed by atoms with Crippen molar-refractivity contribution in [3.8, 4) is 0 Å². The van der Waals surface area contributed by atoms with Crippen LogP contribution in [-0.2, 0) is 6.42 Å². The second-order valence-electron chi connectivity index (χ2n) is 3.83. The van der Waals surface area contributed by atoms with Gasteiger partial charge in [0, 0.05) is 0 Å². The van der Waals surface area contributed by atoms with E-state index in [2.05, 4.69) is 17.6 Å². The third kappa shape index (κ3) is 5.83. The number of halogens is 1. The largest absolute Gasteiger partial charge is 0.317 e. The maximum Gasteiger partial charge on any atom is 0.123 e. The van der Waals surface area contributed by atoms with Crippen LogP contribution in [0.5, 0.6) is 0 Å². The summed E-state index contributed by atoms with van der Waals surface area (Å²) in [7, 11) is 0. The van der Waals surface area contributed by atoms with Crippen LogP contribution in [0.2, 0.25) is 0 Å². The Labute approximate surface area is 97.3 Å². The number of benzene rings is 1. The lowest BCUT2D eigenvalue weighted by molar-refractivity contribution is 0.605. The molecule has 2 N–H and O–H groups in total. The van der Waals surface area contributed by atoms with Crippen LogP contribution < -0.4 is 10.6 Å². The molecular formula is C13H21FN2. The van der Waals surface area contributed by atoms with Crippen molar-refractivity contribution >= 4 is 0 Å². The second kappa shape index (κ2) is 8.25. The molecule has 0 heterocycles. The first-order valence-corrected chi connectivity index (χ1v) is 5.99.